The van der Waals surface area contributed by atoms with Crippen molar-refractivity contribution in [2.75, 3.05) is 12.0 Å². The van der Waals surface area contributed by atoms with E-state index in [-0.39, 0.29) is 68.7 Å². The molecule has 1 unspecified atom stereocenters. The molecule has 2 amide bonds. The minimum atomic E-state index is -0.757. The molecule has 11 atom stereocenters. The number of aliphatic hydroxyl groups excluding tert-OH is 1. The molecule has 5 fully saturated rings. The molecule has 0 spiro atoms. The van der Waals surface area contributed by atoms with Gasteiger partial charge in [-0.3, -0.25) is 14.4 Å². The summed E-state index contributed by atoms with van der Waals surface area (Å²) in [6.45, 7) is 23.7. The van der Waals surface area contributed by atoms with Crippen molar-refractivity contribution < 1.29 is 24.7 Å². The smallest absolute Gasteiger partial charge is 0.242 e. The number of aliphatic hydroxyl groups is 1. The molecule has 1 radical (unpaired) electrons. The van der Waals surface area contributed by atoms with Crippen LogP contribution in [0.25, 0.3) is 0 Å². The maximum atomic E-state index is 14.7. The first-order valence-corrected chi connectivity index (χ1v) is 21.8. The molecule has 1 aliphatic heterocycles. The van der Waals surface area contributed by atoms with Gasteiger partial charge in [-0.1, -0.05) is 54.0 Å². The maximum Gasteiger partial charge on any atom is 0.242 e. The third kappa shape index (κ3) is 5.81. The first-order chi connectivity index (χ1) is 23.8. The second-order valence-corrected chi connectivity index (χ2v) is 22.4. The number of allylic oxidation sites excluding steroid dienone is 2. The zero-order chi connectivity index (χ0) is 38.7. The largest absolute Gasteiger partial charge is 0.393 e. The fourth-order valence-electron chi connectivity index (χ4n) is 13.5. The molecular formula is C43H70N3O5S. The Hall–Kier alpha value is -1.42. The fraction of sp³-hybridized carbons (Fsp3) is 0.884. The summed E-state index contributed by atoms with van der Waals surface area (Å²) in [5.41, 5.74) is -1.50. The first kappa shape index (κ1) is 40.2. The number of nitrogens with one attached hydrogen (secondary N) is 2. The van der Waals surface area contributed by atoms with Gasteiger partial charge < -0.3 is 15.7 Å². The topological polar surface area (TPSA) is 119 Å². The molecule has 1 saturated heterocycles. The minimum Gasteiger partial charge on any atom is -0.393 e. The molecule has 0 aromatic heterocycles. The standard InChI is InChI=1S/C43H70N3O5S/c1-36(2)25-31(38(5,6)46(36)51)45-34(49)28(15-22-52-12)44-35(50)40(8)19-18-39(7)20-21-42(10)26(27(39)24-40)23-29(47)33-41(9)16-14-32(48)37(3,4)30(41)13-17-43(33,42)11/h23,27-28,30-33,48H,13-22,24-25H2,1-12H3,(H,44,50)(H,45,49)/t27-,28-,30-,31?,32-,33+,39+,40-,41-,42+,43+/m0/s1. The maximum absolute atomic E-state index is 14.7. The van der Waals surface area contributed by atoms with Crippen molar-refractivity contribution in [1.82, 2.24) is 15.7 Å². The summed E-state index contributed by atoms with van der Waals surface area (Å²) in [4.78, 5) is 43.2. The number of fused-ring (bicyclic) bond motifs is 7. The molecule has 3 N–H and O–H groups in total. The Bertz CT molecular complexity index is 1510. The molecular weight excluding hydrogens is 671 g/mol. The Morgan fingerprint density at radius 1 is 0.923 bits per heavy atom. The lowest BCUT2D eigenvalue weighted by molar-refractivity contribution is -0.246. The minimum absolute atomic E-state index is 0.00729. The molecule has 5 aliphatic carbocycles. The summed E-state index contributed by atoms with van der Waals surface area (Å²) in [5.74, 6) is 1.01. The number of carbonyl (C=O) groups is 3. The summed E-state index contributed by atoms with van der Waals surface area (Å²) >= 11 is 1.65. The van der Waals surface area contributed by atoms with E-state index in [0.717, 1.165) is 62.2 Å². The van der Waals surface area contributed by atoms with Gasteiger partial charge in [0.2, 0.25) is 11.8 Å². The van der Waals surface area contributed by atoms with Crippen molar-refractivity contribution >= 4 is 29.4 Å². The Balaban J connectivity index is 1.26. The molecule has 0 aromatic rings. The summed E-state index contributed by atoms with van der Waals surface area (Å²) in [5, 5.41) is 31.7. The van der Waals surface area contributed by atoms with E-state index in [0.29, 0.717) is 25.2 Å². The zero-order valence-electron chi connectivity index (χ0n) is 34.5. The summed E-state index contributed by atoms with van der Waals surface area (Å²) in [7, 11) is 0. The lowest BCUT2D eigenvalue weighted by Gasteiger charge is -2.70. The molecule has 8 nitrogen and oxygen atoms in total. The van der Waals surface area contributed by atoms with E-state index < -0.39 is 22.5 Å². The lowest BCUT2D eigenvalue weighted by atomic mass is 9.33. The Morgan fingerprint density at radius 3 is 2.19 bits per heavy atom. The summed E-state index contributed by atoms with van der Waals surface area (Å²) < 4.78 is 0. The van der Waals surface area contributed by atoms with Crippen molar-refractivity contribution in [3.05, 3.63) is 11.6 Å². The number of hydrogen-bond donors (Lipinski definition) is 3. The van der Waals surface area contributed by atoms with Gasteiger partial charge in [-0.2, -0.15) is 11.8 Å². The van der Waals surface area contributed by atoms with Gasteiger partial charge in [-0.25, -0.2) is 0 Å². The van der Waals surface area contributed by atoms with Crippen LogP contribution in [0.1, 0.15) is 147 Å². The number of ketones is 1. The third-order valence-corrected chi connectivity index (χ3v) is 17.9. The van der Waals surface area contributed by atoms with Gasteiger partial charge in [-0.15, -0.1) is 10.3 Å². The van der Waals surface area contributed by atoms with Gasteiger partial charge in [0.15, 0.2) is 5.78 Å². The average molecular weight is 741 g/mol. The third-order valence-electron chi connectivity index (χ3n) is 17.3. The molecule has 0 bridgehead atoms. The highest BCUT2D eigenvalue weighted by Crippen LogP contribution is 2.75. The molecule has 1 heterocycles. The highest BCUT2D eigenvalue weighted by atomic mass is 32.2. The van der Waals surface area contributed by atoms with Crippen LogP contribution in [0.15, 0.2) is 11.6 Å². The van der Waals surface area contributed by atoms with Crippen LogP contribution in [0.4, 0.5) is 0 Å². The number of rotatable bonds is 7. The van der Waals surface area contributed by atoms with Crippen molar-refractivity contribution in [2.24, 2.45) is 50.2 Å². The number of nitrogens with zero attached hydrogens (tertiary/aromatic N) is 1. The van der Waals surface area contributed by atoms with Gasteiger partial charge in [0.25, 0.3) is 0 Å². The number of hydrogen-bond acceptors (Lipinski definition) is 6. The van der Waals surface area contributed by atoms with Crippen LogP contribution in [-0.4, -0.2) is 69.0 Å². The number of amides is 2. The monoisotopic (exact) mass is 741 g/mol. The van der Waals surface area contributed by atoms with E-state index in [1.165, 1.54) is 5.57 Å². The number of thioether (sulfide) groups is 1. The van der Waals surface area contributed by atoms with Crippen molar-refractivity contribution in [1.29, 1.82) is 0 Å². The Kier molecular flexibility index (Phi) is 9.91. The predicted molar refractivity (Wildman–Crippen MR) is 208 cm³/mol. The van der Waals surface area contributed by atoms with E-state index >= 15 is 0 Å². The second-order valence-electron chi connectivity index (χ2n) is 21.5. The molecule has 6 aliphatic rings. The van der Waals surface area contributed by atoms with Crippen molar-refractivity contribution in [2.45, 2.75) is 176 Å². The SMILES string of the molecule is CSCC[C@H](NC(=O)[C@@]1(C)CC[C@]2(C)CC[C@]3(C)C(=CC(=O)[C@@H]4[C@@]5(C)CC[C@H](O)C(C)(C)[C@@H]5CC[C@]43C)[C@@H]2C1)C(=O)NC1CC(C)(C)N([O])C1(C)C. The van der Waals surface area contributed by atoms with Crippen LogP contribution in [0.3, 0.4) is 0 Å². The second kappa shape index (κ2) is 12.8. The van der Waals surface area contributed by atoms with Gasteiger partial charge in [0.05, 0.1) is 17.7 Å². The Labute approximate surface area is 318 Å². The van der Waals surface area contributed by atoms with E-state index in [1.807, 2.05) is 34.0 Å². The van der Waals surface area contributed by atoms with Crippen molar-refractivity contribution in [3.63, 3.8) is 0 Å². The molecule has 9 heteroatoms. The number of hydroxylamine groups is 2. The quantitative estimate of drug-likeness (QED) is 0.247. The molecule has 4 saturated carbocycles. The molecule has 52 heavy (non-hydrogen) atoms. The van der Waals surface area contributed by atoms with E-state index in [4.69, 9.17) is 0 Å². The highest BCUT2D eigenvalue weighted by Gasteiger charge is 2.70. The molecule has 293 valence electrons. The van der Waals surface area contributed by atoms with Gasteiger partial charge in [0.1, 0.15) is 6.04 Å². The van der Waals surface area contributed by atoms with Crippen LogP contribution >= 0.6 is 11.8 Å². The van der Waals surface area contributed by atoms with E-state index in [9.17, 15) is 24.7 Å². The highest BCUT2D eigenvalue weighted by molar-refractivity contribution is 7.98. The predicted octanol–water partition coefficient (Wildman–Crippen LogP) is 7.66. The van der Waals surface area contributed by atoms with E-state index in [1.54, 1.807) is 11.8 Å². The van der Waals surface area contributed by atoms with Crippen LogP contribution in [-0.2, 0) is 19.6 Å². The van der Waals surface area contributed by atoms with Crippen LogP contribution in [0, 0.1) is 50.2 Å². The average Bonchev–Trinajstić information content (AvgIpc) is 3.20. The van der Waals surface area contributed by atoms with Gasteiger partial charge >= 0.3 is 0 Å². The summed E-state index contributed by atoms with van der Waals surface area (Å²) in [6.07, 6.45) is 12.8. The fourth-order valence-corrected chi connectivity index (χ4v) is 13.9. The van der Waals surface area contributed by atoms with Crippen LogP contribution < -0.4 is 10.6 Å². The normalized spacial score (nSPS) is 45.4. The molecule has 6 rings (SSSR count). The zero-order valence-corrected chi connectivity index (χ0v) is 35.3. The van der Waals surface area contributed by atoms with Gasteiger partial charge in [0, 0.05) is 16.9 Å². The number of carbonyl (C=O) groups excluding carboxylic acids is 3. The van der Waals surface area contributed by atoms with Gasteiger partial charge in [-0.05, 0) is 155 Å². The Morgan fingerprint density at radius 2 is 1.58 bits per heavy atom. The first-order valence-electron chi connectivity index (χ1n) is 20.4. The van der Waals surface area contributed by atoms with E-state index in [2.05, 4.69) is 65.2 Å². The van der Waals surface area contributed by atoms with Crippen LogP contribution in [0.5, 0.6) is 0 Å². The summed E-state index contributed by atoms with van der Waals surface area (Å²) in [6, 6.07) is -1.01. The van der Waals surface area contributed by atoms with Crippen LogP contribution in [0.2, 0.25) is 0 Å². The van der Waals surface area contributed by atoms with Crippen molar-refractivity contribution in [3.8, 4) is 0 Å². The lowest BCUT2D eigenvalue weighted by Crippen LogP contribution is -2.66. The molecule has 0 aromatic carbocycles.